The highest BCUT2D eigenvalue weighted by molar-refractivity contribution is 8.15. The monoisotopic (exact) mass is 502 g/mol. The van der Waals surface area contributed by atoms with E-state index in [0.29, 0.717) is 19.4 Å². The van der Waals surface area contributed by atoms with E-state index in [9.17, 15) is 14.4 Å². The molecule has 1 saturated heterocycles. The molecule has 4 rings (SSSR count). The minimum absolute atomic E-state index is 0.00374. The van der Waals surface area contributed by atoms with Gasteiger partial charge in [-0.2, -0.15) is 0 Å². The first kappa shape index (κ1) is 25.5. The Morgan fingerprint density at radius 3 is 2.36 bits per heavy atom. The van der Waals surface area contributed by atoms with Crippen molar-refractivity contribution in [3.8, 4) is 16.9 Å². The normalized spacial score (nSPS) is 15.0. The zero-order valence-corrected chi connectivity index (χ0v) is 21.3. The van der Waals surface area contributed by atoms with Crippen molar-refractivity contribution in [1.29, 1.82) is 0 Å². The molecule has 3 aromatic carbocycles. The fourth-order valence-corrected chi connectivity index (χ4v) is 4.80. The number of anilines is 1. The molecule has 0 bridgehead atoms. The second-order valence-electron chi connectivity index (χ2n) is 8.81. The van der Waals surface area contributed by atoms with Gasteiger partial charge < -0.3 is 9.64 Å². The number of benzene rings is 3. The van der Waals surface area contributed by atoms with Gasteiger partial charge in [0.1, 0.15) is 5.75 Å². The van der Waals surface area contributed by atoms with Crippen molar-refractivity contribution in [3.05, 3.63) is 83.9 Å². The SMILES string of the molecule is CCCCOc1ccc(CC(=O)N(C)c2cccc(-c3ccc(CC4SC(=O)NC4=O)cc3)c2)cc1. The maximum Gasteiger partial charge on any atom is 0.286 e. The van der Waals surface area contributed by atoms with Crippen molar-refractivity contribution in [2.75, 3.05) is 18.6 Å². The van der Waals surface area contributed by atoms with Gasteiger partial charge in [0, 0.05) is 12.7 Å². The van der Waals surface area contributed by atoms with Gasteiger partial charge >= 0.3 is 0 Å². The number of carbonyl (C=O) groups is 3. The summed E-state index contributed by atoms with van der Waals surface area (Å²) in [5.74, 6) is 0.597. The van der Waals surface area contributed by atoms with Crippen LogP contribution in [0.5, 0.6) is 5.75 Å². The minimum Gasteiger partial charge on any atom is -0.494 e. The standard InChI is InChI=1S/C29H30N2O4S/c1-3-4-16-35-25-14-10-21(11-15-25)18-27(32)31(2)24-7-5-6-23(19-24)22-12-8-20(9-13-22)17-26-28(33)30-29(34)36-26/h5-15,19,26H,3-4,16-18H2,1-2H3,(H,30,33,34). The van der Waals surface area contributed by atoms with Crippen LogP contribution in [0.2, 0.25) is 0 Å². The molecule has 0 aromatic heterocycles. The molecule has 1 atom stereocenters. The van der Waals surface area contributed by atoms with Crippen LogP contribution < -0.4 is 15.0 Å². The lowest BCUT2D eigenvalue weighted by atomic mass is 10.0. The third-order valence-electron chi connectivity index (χ3n) is 6.13. The van der Waals surface area contributed by atoms with E-state index in [1.54, 1.807) is 11.9 Å². The van der Waals surface area contributed by atoms with Crippen molar-refractivity contribution >= 4 is 34.5 Å². The Morgan fingerprint density at radius 2 is 1.69 bits per heavy atom. The molecule has 1 aliphatic heterocycles. The number of unbranched alkanes of at least 4 members (excludes halogenated alkanes) is 1. The molecular weight excluding hydrogens is 472 g/mol. The number of likely N-dealkylation sites (N-methyl/N-ethyl adjacent to an activating group) is 1. The number of ether oxygens (including phenoxy) is 1. The van der Waals surface area contributed by atoms with Gasteiger partial charge in [0.2, 0.25) is 11.8 Å². The molecule has 0 saturated carbocycles. The molecule has 1 unspecified atom stereocenters. The summed E-state index contributed by atoms with van der Waals surface area (Å²) < 4.78 is 5.70. The minimum atomic E-state index is -0.379. The van der Waals surface area contributed by atoms with E-state index in [-0.39, 0.29) is 22.3 Å². The summed E-state index contributed by atoms with van der Waals surface area (Å²) in [5.41, 5.74) is 4.76. The lowest BCUT2D eigenvalue weighted by molar-refractivity contribution is -0.119. The number of carbonyl (C=O) groups excluding carboxylic acids is 3. The highest BCUT2D eigenvalue weighted by Gasteiger charge is 2.31. The predicted molar refractivity (Wildman–Crippen MR) is 144 cm³/mol. The van der Waals surface area contributed by atoms with Crippen LogP contribution in [0.25, 0.3) is 11.1 Å². The smallest absolute Gasteiger partial charge is 0.286 e. The van der Waals surface area contributed by atoms with Gasteiger partial charge in [-0.15, -0.1) is 0 Å². The Hall–Kier alpha value is -3.58. The maximum absolute atomic E-state index is 13.0. The first-order chi connectivity index (χ1) is 17.4. The molecule has 1 heterocycles. The number of thioether (sulfide) groups is 1. The Morgan fingerprint density at radius 1 is 0.972 bits per heavy atom. The summed E-state index contributed by atoms with van der Waals surface area (Å²) >= 11 is 1.04. The van der Waals surface area contributed by atoms with E-state index in [1.165, 1.54) is 0 Å². The van der Waals surface area contributed by atoms with Crippen LogP contribution in [0.4, 0.5) is 10.5 Å². The Labute approximate surface area is 216 Å². The molecule has 0 spiro atoms. The van der Waals surface area contributed by atoms with Crippen LogP contribution in [0, 0.1) is 0 Å². The maximum atomic E-state index is 13.0. The summed E-state index contributed by atoms with van der Waals surface area (Å²) in [6.07, 6.45) is 2.93. The van der Waals surface area contributed by atoms with Crippen LogP contribution in [0.3, 0.4) is 0 Å². The Kier molecular flexibility index (Phi) is 8.44. The summed E-state index contributed by atoms with van der Waals surface area (Å²) in [5, 5.41) is 1.66. The zero-order chi connectivity index (χ0) is 25.5. The molecule has 0 aliphatic carbocycles. The summed E-state index contributed by atoms with van der Waals surface area (Å²) in [7, 11) is 1.79. The van der Waals surface area contributed by atoms with Gasteiger partial charge in [-0.05, 0) is 59.4 Å². The van der Waals surface area contributed by atoms with Crippen LogP contribution in [0.1, 0.15) is 30.9 Å². The second kappa shape index (κ2) is 11.9. The number of rotatable bonds is 10. The van der Waals surface area contributed by atoms with Gasteiger partial charge in [-0.25, -0.2) is 0 Å². The number of nitrogens with zero attached hydrogens (tertiary/aromatic N) is 1. The van der Waals surface area contributed by atoms with Crippen molar-refractivity contribution in [1.82, 2.24) is 5.32 Å². The van der Waals surface area contributed by atoms with Gasteiger partial charge in [0.05, 0.1) is 18.3 Å². The highest BCUT2D eigenvalue weighted by atomic mass is 32.2. The van der Waals surface area contributed by atoms with E-state index < -0.39 is 0 Å². The zero-order valence-electron chi connectivity index (χ0n) is 20.5. The molecule has 1 fully saturated rings. The van der Waals surface area contributed by atoms with Crippen molar-refractivity contribution < 1.29 is 19.1 Å². The van der Waals surface area contributed by atoms with Crippen LogP contribution in [-0.2, 0) is 22.4 Å². The van der Waals surface area contributed by atoms with Gasteiger partial charge in [0.15, 0.2) is 0 Å². The molecule has 6 nitrogen and oxygen atoms in total. The first-order valence-electron chi connectivity index (χ1n) is 12.1. The molecule has 1 aliphatic rings. The number of hydrogen-bond acceptors (Lipinski definition) is 5. The molecule has 1 N–H and O–H groups in total. The summed E-state index contributed by atoms with van der Waals surface area (Å²) in [4.78, 5) is 37.8. The topological polar surface area (TPSA) is 75.7 Å². The van der Waals surface area contributed by atoms with E-state index in [4.69, 9.17) is 4.74 Å². The Balaban J connectivity index is 1.38. The van der Waals surface area contributed by atoms with Crippen molar-refractivity contribution in [3.63, 3.8) is 0 Å². The summed E-state index contributed by atoms with van der Waals surface area (Å²) in [6, 6.07) is 23.5. The number of amides is 3. The molecule has 3 aromatic rings. The molecule has 0 radical (unpaired) electrons. The van der Waals surface area contributed by atoms with Gasteiger partial charge in [-0.1, -0.05) is 73.6 Å². The molecule has 186 valence electrons. The van der Waals surface area contributed by atoms with Gasteiger partial charge in [-0.3, -0.25) is 19.7 Å². The quantitative estimate of drug-likeness (QED) is 0.364. The van der Waals surface area contributed by atoms with E-state index in [0.717, 1.165) is 58.3 Å². The number of nitrogens with one attached hydrogen (secondary N) is 1. The second-order valence-corrected chi connectivity index (χ2v) is 9.99. The van der Waals surface area contributed by atoms with Gasteiger partial charge in [0.25, 0.3) is 5.24 Å². The number of hydrogen-bond donors (Lipinski definition) is 1. The largest absolute Gasteiger partial charge is 0.494 e. The number of imide groups is 1. The fourth-order valence-electron chi connectivity index (χ4n) is 3.94. The Bertz CT molecular complexity index is 1220. The van der Waals surface area contributed by atoms with E-state index in [1.807, 2.05) is 72.8 Å². The van der Waals surface area contributed by atoms with E-state index >= 15 is 0 Å². The highest BCUT2D eigenvalue weighted by Crippen LogP contribution is 2.27. The lowest BCUT2D eigenvalue weighted by Gasteiger charge is -2.19. The average Bonchev–Trinajstić information content (AvgIpc) is 3.21. The molecule has 36 heavy (non-hydrogen) atoms. The van der Waals surface area contributed by atoms with Crippen LogP contribution in [0.15, 0.2) is 72.8 Å². The van der Waals surface area contributed by atoms with Crippen LogP contribution in [-0.4, -0.2) is 36.0 Å². The van der Waals surface area contributed by atoms with Crippen LogP contribution >= 0.6 is 11.8 Å². The average molecular weight is 503 g/mol. The molecule has 7 heteroatoms. The van der Waals surface area contributed by atoms with Crippen molar-refractivity contribution in [2.24, 2.45) is 0 Å². The third-order valence-corrected chi connectivity index (χ3v) is 7.11. The van der Waals surface area contributed by atoms with Crippen molar-refractivity contribution in [2.45, 2.75) is 37.9 Å². The lowest BCUT2D eigenvalue weighted by Crippen LogP contribution is -2.27. The fraction of sp³-hybridized carbons (Fsp3) is 0.276. The molecule has 3 amide bonds. The third kappa shape index (κ3) is 6.55. The predicted octanol–water partition coefficient (Wildman–Crippen LogP) is 5.63. The van der Waals surface area contributed by atoms with E-state index in [2.05, 4.69) is 12.2 Å². The summed E-state index contributed by atoms with van der Waals surface area (Å²) in [6.45, 7) is 2.83. The molecular formula is C29H30N2O4S. The first-order valence-corrected chi connectivity index (χ1v) is 13.0.